The van der Waals surface area contributed by atoms with E-state index in [9.17, 15) is 10.2 Å². The van der Waals surface area contributed by atoms with Gasteiger partial charge >= 0.3 is 0 Å². The van der Waals surface area contributed by atoms with E-state index in [1.807, 2.05) is 31.2 Å². The van der Waals surface area contributed by atoms with E-state index < -0.39 is 0 Å². The molecule has 0 radical (unpaired) electrons. The minimum Gasteiger partial charge on any atom is -0.508 e. The van der Waals surface area contributed by atoms with Gasteiger partial charge in [-0.05, 0) is 24.1 Å². The van der Waals surface area contributed by atoms with Crippen molar-refractivity contribution in [1.29, 1.82) is 0 Å². The minimum atomic E-state index is -0.0478. The Morgan fingerprint density at radius 3 is 2.50 bits per heavy atom. The smallest absolute Gasteiger partial charge is 0.124 e. The zero-order valence-electron chi connectivity index (χ0n) is 11.4. The van der Waals surface area contributed by atoms with Gasteiger partial charge in [-0.2, -0.15) is 0 Å². The van der Waals surface area contributed by atoms with E-state index in [1.54, 1.807) is 12.1 Å². The standard InChI is InChI=1S/C16H19NO3/c1-11(15-6-5-14(19)8-16(15)20)17-9-12-3-2-4-13(7-12)10-18/h2-8,11,17-20H,9-10H2,1H3. The first-order valence-corrected chi connectivity index (χ1v) is 6.54. The molecule has 106 valence electrons. The summed E-state index contributed by atoms with van der Waals surface area (Å²) < 4.78 is 0. The van der Waals surface area contributed by atoms with E-state index in [2.05, 4.69) is 5.32 Å². The van der Waals surface area contributed by atoms with Crippen LogP contribution in [-0.2, 0) is 13.2 Å². The molecule has 0 aromatic heterocycles. The summed E-state index contributed by atoms with van der Waals surface area (Å²) in [6, 6.07) is 12.2. The van der Waals surface area contributed by atoms with Crippen LogP contribution in [0.4, 0.5) is 0 Å². The summed E-state index contributed by atoms with van der Waals surface area (Å²) in [5, 5.41) is 31.5. The SMILES string of the molecule is CC(NCc1cccc(CO)c1)c1ccc(O)cc1O. The summed E-state index contributed by atoms with van der Waals surface area (Å²) in [5.74, 6) is 0.128. The Balaban J connectivity index is 2.02. The first kappa shape index (κ1) is 14.4. The second kappa shape index (κ2) is 6.41. The largest absolute Gasteiger partial charge is 0.508 e. The Hall–Kier alpha value is -2.04. The maximum Gasteiger partial charge on any atom is 0.124 e. The van der Waals surface area contributed by atoms with Crippen molar-refractivity contribution >= 4 is 0 Å². The van der Waals surface area contributed by atoms with Crippen LogP contribution in [0.25, 0.3) is 0 Å². The topological polar surface area (TPSA) is 72.7 Å². The molecular weight excluding hydrogens is 254 g/mol. The number of aliphatic hydroxyl groups excluding tert-OH is 1. The third-order valence-corrected chi connectivity index (χ3v) is 3.27. The molecule has 1 unspecified atom stereocenters. The number of hydrogen-bond donors (Lipinski definition) is 4. The lowest BCUT2D eigenvalue weighted by Crippen LogP contribution is -2.18. The number of phenols is 2. The normalized spacial score (nSPS) is 12.3. The highest BCUT2D eigenvalue weighted by Crippen LogP contribution is 2.27. The zero-order chi connectivity index (χ0) is 14.5. The van der Waals surface area contributed by atoms with E-state index in [4.69, 9.17) is 5.11 Å². The van der Waals surface area contributed by atoms with Gasteiger partial charge in [-0.1, -0.05) is 30.3 Å². The summed E-state index contributed by atoms with van der Waals surface area (Å²) in [4.78, 5) is 0. The van der Waals surface area contributed by atoms with E-state index in [1.165, 1.54) is 6.07 Å². The van der Waals surface area contributed by atoms with Gasteiger partial charge in [0.25, 0.3) is 0 Å². The highest BCUT2D eigenvalue weighted by atomic mass is 16.3. The van der Waals surface area contributed by atoms with Crippen LogP contribution in [0.1, 0.15) is 29.7 Å². The van der Waals surface area contributed by atoms with Crippen LogP contribution in [0.2, 0.25) is 0 Å². The summed E-state index contributed by atoms with van der Waals surface area (Å²) in [6.07, 6.45) is 0. The third-order valence-electron chi connectivity index (χ3n) is 3.27. The number of aliphatic hydroxyl groups is 1. The van der Waals surface area contributed by atoms with Crippen molar-refractivity contribution in [3.8, 4) is 11.5 Å². The Bertz CT molecular complexity index is 584. The molecule has 20 heavy (non-hydrogen) atoms. The van der Waals surface area contributed by atoms with Gasteiger partial charge in [-0.3, -0.25) is 0 Å². The monoisotopic (exact) mass is 273 g/mol. The molecule has 0 fully saturated rings. The van der Waals surface area contributed by atoms with Crippen molar-refractivity contribution in [2.24, 2.45) is 0 Å². The lowest BCUT2D eigenvalue weighted by molar-refractivity contribution is 0.281. The zero-order valence-corrected chi connectivity index (χ0v) is 11.4. The van der Waals surface area contributed by atoms with Crippen molar-refractivity contribution < 1.29 is 15.3 Å². The van der Waals surface area contributed by atoms with Crippen LogP contribution >= 0.6 is 0 Å². The van der Waals surface area contributed by atoms with Gasteiger partial charge in [-0.25, -0.2) is 0 Å². The maximum absolute atomic E-state index is 9.81. The van der Waals surface area contributed by atoms with Gasteiger partial charge < -0.3 is 20.6 Å². The fraction of sp³-hybridized carbons (Fsp3) is 0.250. The highest BCUT2D eigenvalue weighted by Gasteiger charge is 2.10. The van der Waals surface area contributed by atoms with Crippen LogP contribution in [0.15, 0.2) is 42.5 Å². The second-order valence-electron chi connectivity index (χ2n) is 4.82. The predicted octanol–water partition coefficient (Wildman–Crippen LogP) is 2.44. The molecule has 0 saturated carbocycles. The molecule has 4 nitrogen and oxygen atoms in total. The van der Waals surface area contributed by atoms with Crippen molar-refractivity contribution in [3.63, 3.8) is 0 Å². The van der Waals surface area contributed by atoms with Crippen LogP contribution in [0, 0.1) is 0 Å². The third kappa shape index (κ3) is 3.50. The Labute approximate surface area is 118 Å². The fourth-order valence-corrected chi connectivity index (χ4v) is 2.12. The number of nitrogens with one attached hydrogen (secondary N) is 1. The average Bonchev–Trinajstić information content (AvgIpc) is 2.45. The van der Waals surface area contributed by atoms with Crippen molar-refractivity contribution in [3.05, 3.63) is 59.2 Å². The first-order chi connectivity index (χ1) is 9.60. The molecule has 0 spiro atoms. The minimum absolute atomic E-state index is 0.0299. The molecule has 0 bridgehead atoms. The summed E-state index contributed by atoms with van der Waals surface area (Å²) in [6.45, 7) is 2.61. The Morgan fingerprint density at radius 2 is 1.80 bits per heavy atom. The number of aromatic hydroxyl groups is 2. The first-order valence-electron chi connectivity index (χ1n) is 6.54. The molecule has 0 aliphatic heterocycles. The summed E-state index contributed by atoms with van der Waals surface area (Å²) in [5.41, 5.74) is 2.69. The molecule has 1 atom stereocenters. The molecule has 0 heterocycles. The second-order valence-corrected chi connectivity index (χ2v) is 4.82. The van der Waals surface area contributed by atoms with Crippen LogP contribution in [-0.4, -0.2) is 15.3 Å². The van der Waals surface area contributed by atoms with Crippen molar-refractivity contribution in [1.82, 2.24) is 5.32 Å². The van der Waals surface area contributed by atoms with Crippen LogP contribution in [0.3, 0.4) is 0 Å². The number of phenolic OH excluding ortho intramolecular Hbond substituents is 2. The summed E-state index contributed by atoms with van der Waals surface area (Å²) >= 11 is 0. The van der Waals surface area contributed by atoms with Gasteiger partial charge in [0.1, 0.15) is 11.5 Å². The fourth-order valence-electron chi connectivity index (χ4n) is 2.12. The maximum atomic E-state index is 9.81. The molecule has 0 amide bonds. The molecule has 2 aromatic rings. The number of benzene rings is 2. The van der Waals surface area contributed by atoms with Crippen LogP contribution in [0.5, 0.6) is 11.5 Å². The van der Waals surface area contributed by atoms with Gasteiger partial charge in [0.15, 0.2) is 0 Å². The van der Waals surface area contributed by atoms with E-state index in [0.717, 1.165) is 16.7 Å². The summed E-state index contributed by atoms with van der Waals surface area (Å²) in [7, 11) is 0. The van der Waals surface area contributed by atoms with Crippen molar-refractivity contribution in [2.45, 2.75) is 26.1 Å². The molecule has 0 aliphatic carbocycles. The molecule has 4 N–H and O–H groups in total. The number of hydrogen-bond acceptors (Lipinski definition) is 4. The van der Waals surface area contributed by atoms with E-state index >= 15 is 0 Å². The van der Waals surface area contributed by atoms with Gasteiger partial charge in [0.05, 0.1) is 6.61 Å². The average molecular weight is 273 g/mol. The lowest BCUT2D eigenvalue weighted by atomic mass is 10.1. The number of rotatable bonds is 5. The predicted molar refractivity (Wildman–Crippen MR) is 77.4 cm³/mol. The van der Waals surface area contributed by atoms with Gasteiger partial charge in [-0.15, -0.1) is 0 Å². The quantitative estimate of drug-likeness (QED) is 0.675. The highest BCUT2D eigenvalue weighted by molar-refractivity contribution is 5.40. The van der Waals surface area contributed by atoms with Crippen LogP contribution < -0.4 is 5.32 Å². The Morgan fingerprint density at radius 1 is 1.05 bits per heavy atom. The molecule has 0 saturated heterocycles. The van der Waals surface area contributed by atoms with Gasteiger partial charge in [0.2, 0.25) is 0 Å². The van der Waals surface area contributed by atoms with E-state index in [0.29, 0.717) is 6.54 Å². The Kier molecular flexibility index (Phi) is 4.61. The van der Waals surface area contributed by atoms with E-state index in [-0.39, 0.29) is 24.1 Å². The molecule has 4 heteroatoms. The molecule has 0 aliphatic rings. The lowest BCUT2D eigenvalue weighted by Gasteiger charge is -2.16. The molecular formula is C16H19NO3. The molecule has 2 aromatic carbocycles. The van der Waals surface area contributed by atoms with Gasteiger partial charge in [0, 0.05) is 24.2 Å². The van der Waals surface area contributed by atoms with Crippen molar-refractivity contribution in [2.75, 3.05) is 0 Å². The molecule has 2 rings (SSSR count).